The normalized spacial score (nSPS) is 10.9. The molecule has 0 atom stereocenters. The lowest BCUT2D eigenvalue weighted by Gasteiger charge is -2.17. The van der Waals surface area contributed by atoms with Gasteiger partial charge in [-0.25, -0.2) is 0 Å². The van der Waals surface area contributed by atoms with Crippen LogP contribution >= 0.6 is 0 Å². The summed E-state index contributed by atoms with van der Waals surface area (Å²) in [5.74, 6) is 0.483. The molecule has 0 unspecified atom stereocenters. The molecule has 0 aliphatic rings. The number of amides is 1. The number of phenolic OH excluding ortho intramolecular Hbond substituents is 1. The van der Waals surface area contributed by atoms with E-state index in [1.54, 1.807) is 18.4 Å². The van der Waals surface area contributed by atoms with Gasteiger partial charge in [0.15, 0.2) is 0 Å². The zero-order valence-electron chi connectivity index (χ0n) is 15.3. The minimum absolute atomic E-state index is 0.200. The quantitative estimate of drug-likeness (QED) is 0.681. The van der Waals surface area contributed by atoms with Crippen LogP contribution in [0.2, 0.25) is 0 Å². The highest BCUT2D eigenvalue weighted by Crippen LogP contribution is 2.40. The summed E-state index contributed by atoms with van der Waals surface area (Å²) in [6, 6.07) is 11.0. The Labute approximate surface area is 153 Å². The molecule has 3 rings (SSSR count). The maximum Gasteiger partial charge on any atom is 0.249 e. The van der Waals surface area contributed by atoms with E-state index in [0.717, 1.165) is 52.0 Å². The number of aromatic hydroxyl groups is 1. The molecule has 1 aromatic heterocycles. The van der Waals surface area contributed by atoms with Crippen LogP contribution in [0.25, 0.3) is 22.3 Å². The molecule has 0 fully saturated rings. The molecule has 3 N–H and O–H groups in total. The number of phenols is 1. The molecule has 26 heavy (non-hydrogen) atoms. The number of rotatable bonds is 5. The second-order valence-corrected chi connectivity index (χ2v) is 6.58. The number of hydrogen-bond acceptors (Lipinski definition) is 3. The smallest absolute Gasteiger partial charge is 0.249 e. The molecule has 0 aliphatic heterocycles. The number of carbonyl (C=O) groups excluding carboxylic acids is 1. The van der Waals surface area contributed by atoms with Crippen molar-refractivity contribution in [2.24, 2.45) is 5.73 Å². The fraction of sp³-hybridized carbons (Fsp3) is 0.227. The number of carbonyl (C=O) groups is 1. The van der Waals surface area contributed by atoms with E-state index < -0.39 is 5.91 Å². The topological polar surface area (TPSA) is 76.5 Å². The van der Waals surface area contributed by atoms with E-state index in [2.05, 4.69) is 13.0 Å². The van der Waals surface area contributed by atoms with Crippen LogP contribution in [-0.4, -0.2) is 11.0 Å². The molecule has 4 nitrogen and oxygen atoms in total. The molecular formula is C22H23NO3. The summed E-state index contributed by atoms with van der Waals surface area (Å²) in [4.78, 5) is 12.3. The average molecular weight is 349 g/mol. The second-order valence-electron chi connectivity index (χ2n) is 6.58. The number of primary amides is 1. The molecule has 4 heteroatoms. The van der Waals surface area contributed by atoms with Crippen LogP contribution in [0.5, 0.6) is 5.75 Å². The van der Waals surface area contributed by atoms with Crippen LogP contribution in [0.4, 0.5) is 0 Å². The van der Waals surface area contributed by atoms with Crippen LogP contribution in [0, 0.1) is 13.8 Å². The first kappa shape index (κ1) is 17.8. The van der Waals surface area contributed by atoms with Crippen LogP contribution in [0.3, 0.4) is 0 Å². The Bertz CT molecular complexity index is 933. The van der Waals surface area contributed by atoms with Crippen molar-refractivity contribution in [2.75, 3.05) is 0 Å². The Balaban J connectivity index is 2.39. The van der Waals surface area contributed by atoms with E-state index in [-0.39, 0.29) is 5.75 Å². The summed E-state index contributed by atoms with van der Waals surface area (Å²) < 4.78 is 5.58. The summed E-state index contributed by atoms with van der Waals surface area (Å²) >= 11 is 0. The highest BCUT2D eigenvalue weighted by molar-refractivity contribution is 6.05. The number of furan rings is 1. The Morgan fingerprint density at radius 3 is 2.35 bits per heavy atom. The van der Waals surface area contributed by atoms with Gasteiger partial charge < -0.3 is 15.3 Å². The van der Waals surface area contributed by atoms with Gasteiger partial charge in [0.1, 0.15) is 11.5 Å². The van der Waals surface area contributed by atoms with Crippen LogP contribution in [0.1, 0.15) is 40.6 Å². The van der Waals surface area contributed by atoms with Gasteiger partial charge in [-0.15, -0.1) is 0 Å². The van der Waals surface area contributed by atoms with Crippen LogP contribution in [0.15, 0.2) is 47.1 Å². The SMILES string of the molecule is CCCc1cc(C(N)=O)c(-c2c(C)coc2C)c(-c2ccc(O)cc2)c1. The van der Waals surface area contributed by atoms with E-state index >= 15 is 0 Å². The molecule has 2 aromatic carbocycles. The lowest BCUT2D eigenvalue weighted by molar-refractivity contribution is 0.100. The number of hydrogen-bond donors (Lipinski definition) is 2. The van der Waals surface area contributed by atoms with Gasteiger partial charge in [-0.05, 0) is 60.7 Å². The Morgan fingerprint density at radius 2 is 1.81 bits per heavy atom. The van der Waals surface area contributed by atoms with Crippen molar-refractivity contribution in [2.45, 2.75) is 33.6 Å². The molecule has 0 radical (unpaired) electrons. The van der Waals surface area contributed by atoms with Gasteiger partial charge in [-0.3, -0.25) is 4.79 Å². The summed E-state index contributed by atoms with van der Waals surface area (Å²) in [7, 11) is 0. The first-order chi connectivity index (χ1) is 12.4. The number of nitrogens with two attached hydrogens (primary N) is 1. The first-order valence-electron chi connectivity index (χ1n) is 8.73. The fourth-order valence-electron chi connectivity index (χ4n) is 3.41. The maximum absolute atomic E-state index is 12.3. The minimum Gasteiger partial charge on any atom is -0.508 e. The maximum atomic E-state index is 12.3. The Hall–Kier alpha value is -3.01. The highest BCUT2D eigenvalue weighted by Gasteiger charge is 2.22. The second kappa shape index (κ2) is 7.08. The third kappa shape index (κ3) is 3.23. The first-order valence-corrected chi connectivity index (χ1v) is 8.73. The van der Waals surface area contributed by atoms with Gasteiger partial charge in [0.05, 0.1) is 6.26 Å². The predicted molar refractivity (Wildman–Crippen MR) is 103 cm³/mol. The largest absolute Gasteiger partial charge is 0.508 e. The number of aryl methyl sites for hydroxylation is 3. The van der Waals surface area contributed by atoms with Crippen molar-refractivity contribution in [3.05, 3.63) is 65.1 Å². The van der Waals surface area contributed by atoms with Crippen molar-refractivity contribution >= 4 is 5.91 Å². The average Bonchev–Trinajstić information content (AvgIpc) is 2.94. The van der Waals surface area contributed by atoms with Crippen molar-refractivity contribution in [1.29, 1.82) is 0 Å². The summed E-state index contributed by atoms with van der Waals surface area (Å²) in [5.41, 5.74) is 11.8. The van der Waals surface area contributed by atoms with Crippen molar-refractivity contribution in [1.82, 2.24) is 0 Å². The van der Waals surface area contributed by atoms with Gasteiger partial charge in [0, 0.05) is 16.7 Å². The van der Waals surface area contributed by atoms with Gasteiger partial charge in [-0.2, -0.15) is 0 Å². The molecule has 0 spiro atoms. The van der Waals surface area contributed by atoms with Crippen molar-refractivity contribution in [3.8, 4) is 28.0 Å². The molecule has 0 bridgehead atoms. The minimum atomic E-state index is -0.460. The Morgan fingerprint density at radius 1 is 1.12 bits per heavy atom. The molecule has 0 saturated heterocycles. The van der Waals surface area contributed by atoms with Gasteiger partial charge in [-0.1, -0.05) is 31.5 Å². The monoisotopic (exact) mass is 349 g/mol. The van der Waals surface area contributed by atoms with E-state index in [1.165, 1.54) is 0 Å². The summed E-state index contributed by atoms with van der Waals surface area (Å²) in [6.07, 6.45) is 3.52. The molecule has 0 saturated carbocycles. The van der Waals surface area contributed by atoms with Gasteiger partial charge in [0.2, 0.25) is 5.91 Å². The van der Waals surface area contributed by atoms with E-state index in [0.29, 0.717) is 5.56 Å². The third-order valence-corrected chi connectivity index (χ3v) is 4.59. The van der Waals surface area contributed by atoms with E-state index in [9.17, 15) is 9.90 Å². The Kier molecular flexibility index (Phi) is 4.85. The zero-order chi connectivity index (χ0) is 18.8. The van der Waals surface area contributed by atoms with Crippen molar-refractivity contribution < 1.29 is 14.3 Å². The fourth-order valence-corrected chi connectivity index (χ4v) is 3.41. The lowest BCUT2D eigenvalue weighted by Crippen LogP contribution is -2.14. The summed E-state index contributed by atoms with van der Waals surface area (Å²) in [5, 5.41) is 9.64. The van der Waals surface area contributed by atoms with Gasteiger partial charge in [0.25, 0.3) is 0 Å². The lowest BCUT2D eigenvalue weighted by atomic mass is 9.86. The molecule has 3 aromatic rings. The number of benzene rings is 2. The van der Waals surface area contributed by atoms with Gasteiger partial charge >= 0.3 is 0 Å². The molecular weight excluding hydrogens is 326 g/mol. The van der Waals surface area contributed by atoms with Crippen LogP contribution in [-0.2, 0) is 6.42 Å². The molecule has 1 amide bonds. The third-order valence-electron chi connectivity index (χ3n) is 4.59. The predicted octanol–water partition coefficient (Wildman–Crippen LogP) is 4.99. The summed E-state index contributed by atoms with van der Waals surface area (Å²) in [6.45, 7) is 5.94. The molecule has 0 aliphatic carbocycles. The standard InChI is InChI=1S/C22H23NO3/c1-4-5-15-10-18(16-6-8-17(24)9-7-16)21(19(11-15)22(23)25)20-13(2)12-26-14(20)3/h6-12,24H,4-5H2,1-3H3,(H2,23,25). The van der Waals surface area contributed by atoms with E-state index in [1.807, 2.05) is 32.0 Å². The molecule has 134 valence electrons. The zero-order valence-corrected chi connectivity index (χ0v) is 15.3. The van der Waals surface area contributed by atoms with Crippen molar-refractivity contribution in [3.63, 3.8) is 0 Å². The van der Waals surface area contributed by atoms with Crippen LogP contribution < -0.4 is 5.73 Å². The van der Waals surface area contributed by atoms with E-state index in [4.69, 9.17) is 10.2 Å². The molecule has 1 heterocycles. The highest BCUT2D eigenvalue weighted by atomic mass is 16.3.